The third-order valence-electron chi connectivity index (χ3n) is 3.39. The lowest BCUT2D eigenvalue weighted by molar-refractivity contribution is 0.460. The second kappa shape index (κ2) is 4.13. The van der Waals surface area contributed by atoms with Crippen LogP contribution in [0.5, 0.6) is 5.75 Å². The first-order valence-electron chi connectivity index (χ1n) is 5.95. The molecule has 0 aliphatic carbocycles. The van der Waals surface area contributed by atoms with Gasteiger partial charge in [0.05, 0.1) is 6.04 Å². The van der Waals surface area contributed by atoms with Gasteiger partial charge in [0.2, 0.25) is 0 Å². The van der Waals surface area contributed by atoms with Crippen molar-refractivity contribution >= 4 is 5.69 Å². The Kier molecular flexibility index (Phi) is 2.48. The van der Waals surface area contributed by atoms with Crippen LogP contribution in [-0.4, -0.2) is 11.7 Å². The van der Waals surface area contributed by atoms with E-state index in [9.17, 15) is 5.11 Å². The van der Waals surface area contributed by atoms with Gasteiger partial charge in [-0.05, 0) is 36.2 Å². The minimum atomic E-state index is 0.333. The summed E-state index contributed by atoms with van der Waals surface area (Å²) in [5.74, 6) is 0.333. The monoisotopic (exact) mass is 225 g/mol. The third-order valence-corrected chi connectivity index (χ3v) is 3.39. The summed E-state index contributed by atoms with van der Waals surface area (Å²) < 4.78 is 0. The molecule has 17 heavy (non-hydrogen) atoms. The van der Waals surface area contributed by atoms with E-state index in [-0.39, 0.29) is 0 Å². The maximum Gasteiger partial charge on any atom is 0.115 e. The highest BCUT2D eigenvalue weighted by Crippen LogP contribution is 2.37. The Balaban J connectivity index is 1.84. The smallest absolute Gasteiger partial charge is 0.115 e. The Morgan fingerprint density at radius 3 is 2.24 bits per heavy atom. The van der Waals surface area contributed by atoms with E-state index in [4.69, 9.17) is 0 Å². The predicted molar refractivity (Wildman–Crippen MR) is 69.3 cm³/mol. The van der Waals surface area contributed by atoms with Gasteiger partial charge < -0.3 is 10.0 Å². The average molecular weight is 225 g/mol. The molecule has 1 fully saturated rings. The molecule has 0 amide bonds. The van der Waals surface area contributed by atoms with E-state index < -0.39 is 0 Å². The lowest BCUT2D eigenvalue weighted by Crippen LogP contribution is -2.40. The van der Waals surface area contributed by atoms with Gasteiger partial charge in [-0.1, -0.05) is 30.3 Å². The van der Waals surface area contributed by atoms with E-state index in [2.05, 4.69) is 29.2 Å². The van der Waals surface area contributed by atoms with Crippen molar-refractivity contribution in [2.45, 2.75) is 12.5 Å². The van der Waals surface area contributed by atoms with Crippen LogP contribution >= 0.6 is 0 Å². The number of nitrogens with zero attached hydrogens (tertiary/aromatic N) is 1. The van der Waals surface area contributed by atoms with Crippen LogP contribution < -0.4 is 4.90 Å². The predicted octanol–water partition coefficient (Wildman–Crippen LogP) is 3.34. The van der Waals surface area contributed by atoms with Gasteiger partial charge in [-0.3, -0.25) is 0 Å². The number of anilines is 1. The molecule has 2 nitrogen and oxygen atoms in total. The van der Waals surface area contributed by atoms with Crippen LogP contribution in [-0.2, 0) is 0 Å². The van der Waals surface area contributed by atoms with Crippen molar-refractivity contribution < 1.29 is 5.11 Å². The average Bonchev–Trinajstić information content (AvgIpc) is 2.32. The standard InChI is InChI=1S/C15H15NO/c17-14-8-6-12(7-9-14)15-10-11-16(15)13-4-2-1-3-5-13/h1-9,15,17H,10-11H2. The molecule has 2 aromatic carbocycles. The van der Waals surface area contributed by atoms with Gasteiger partial charge >= 0.3 is 0 Å². The largest absolute Gasteiger partial charge is 0.508 e. The molecule has 1 N–H and O–H groups in total. The number of phenols is 1. The van der Waals surface area contributed by atoms with E-state index in [0.29, 0.717) is 11.8 Å². The molecule has 0 radical (unpaired) electrons. The van der Waals surface area contributed by atoms with Gasteiger partial charge in [-0.25, -0.2) is 0 Å². The minimum absolute atomic E-state index is 0.333. The van der Waals surface area contributed by atoms with Gasteiger partial charge in [0, 0.05) is 12.2 Å². The number of hydrogen-bond donors (Lipinski definition) is 1. The minimum Gasteiger partial charge on any atom is -0.508 e. The molecule has 1 aliphatic heterocycles. The van der Waals surface area contributed by atoms with Crippen LogP contribution in [0.25, 0.3) is 0 Å². The zero-order chi connectivity index (χ0) is 11.7. The van der Waals surface area contributed by atoms with Crippen LogP contribution in [0.2, 0.25) is 0 Å². The maximum absolute atomic E-state index is 9.30. The summed E-state index contributed by atoms with van der Waals surface area (Å²) in [6, 6.07) is 18.5. The molecule has 1 atom stereocenters. The Hall–Kier alpha value is -1.96. The van der Waals surface area contributed by atoms with E-state index in [0.717, 1.165) is 6.54 Å². The first-order chi connectivity index (χ1) is 8.34. The normalized spacial score (nSPS) is 18.8. The van der Waals surface area contributed by atoms with E-state index in [1.54, 1.807) is 12.1 Å². The molecule has 1 aliphatic rings. The molecule has 86 valence electrons. The summed E-state index contributed by atoms with van der Waals surface area (Å²) in [4.78, 5) is 2.40. The van der Waals surface area contributed by atoms with E-state index in [1.165, 1.54) is 17.7 Å². The third kappa shape index (κ3) is 1.86. The quantitative estimate of drug-likeness (QED) is 0.847. The zero-order valence-corrected chi connectivity index (χ0v) is 9.58. The van der Waals surface area contributed by atoms with Crippen molar-refractivity contribution in [1.82, 2.24) is 0 Å². The molecule has 1 unspecified atom stereocenters. The molecule has 0 bridgehead atoms. The van der Waals surface area contributed by atoms with Gasteiger partial charge in [0.1, 0.15) is 5.75 Å². The fourth-order valence-electron chi connectivity index (χ4n) is 2.36. The Morgan fingerprint density at radius 2 is 1.65 bits per heavy atom. The lowest BCUT2D eigenvalue weighted by Gasteiger charge is -2.43. The van der Waals surface area contributed by atoms with Crippen LogP contribution in [0.15, 0.2) is 54.6 Å². The molecule has 1 saturated heterocycles. The van der Waals surface area contributed by atoms with Crippen molar-refractivity contribution in [1.29, 1.82) is 0 Å². The number of rotatable bonds is 2. The van der Waals surface area contributed by atoms with Gasteiger partial charge in [-0.2, -0.15) is 0 Å². The van der Waals surface area contributed by atoms with E-state index >= 15 is 0 Å². The molecule has 0 spiro atoms. The first kappa shape index (κ1) is 10.2. The summed E-state index contributed by atoms with van der Waals surface area (Å²) >= 11 is 0. The second-order valence-electron chi connectivity index (χ2n) is 4.42. The maximum atomic E-state index is 9.30. The molecular weight excluding hydrogens is 210 g/mol. The van der Waals surface area contributed by atoms with Crippen molar-refractivity contribution in [3.63, 3.8) is 0 Å². The van der Waals surface area contributed by atoms with Crippen molar-refractivity contribution in [2.75, 3.05) is 11.4 Å². The summed E-state index contributed by atoms with van der Waals surface area (Å²) in [6.45, 7) is 1.11. The first-order valence-corrected chi connectivity index (χ1v) is 5.95. The van der Waals surface area contributed by atoms with Gasteiger partial charge in [-0.15, -0.1) is 0 Å². The Labute approximate surface area is 101 Å². The fraction of sp³-hybridized carbons (Fsp3) is 0.200. The summed E-state index contributed by atoms with van der Waals surface area (Å²) in [5.41, 5.74) is 2.55. The van der Waals surface area contributed by atoms with Crippen LogP contribution in [0.1, 0.15) is 18.0 Å². The Bertz CT molecular complexity index is 492. The molecule has 3 rings (SSSR count). The van der Waals surface area contributed by atoms with Crippen molar-refractivity contribution in [3.05, 3.63) is 60.2 Å². The van der Waals surface area contributed by atoms with Gasteiger partial charge in [0.15, 0.2) is 0 Å². The van der Waals surface area contributed by atoms with Crippen LogP contribution in [0, 0.1) is 0 Å². The lowest BCUT2D eigenvalue weighted by atomic mass is 9.94. The van der Waals surface area contributed by atoms with Crippen LogP contribution in [0.4, 0.5) is 5.69 Å². The highest BCUT2D eigenvalue weighted by atomic mass is 16.3. The van der Waals surface area contributed by atoms with Crippen molar-refractivity contribution in [2.24, 2.45) is 0 Å². The number of phenolic OH excluding ortho intramolecular Hbond substituents is 1. The summed E-state index contributed by atoms with van der Waals surface area (Å²) in [7, 11) is 0. The number of hydrogen-bond acceptors (Lipinski definition) is 2. The highest BCUT2D eigenvalue weighted by molar-refractivity contribution is 5.51. The fourth-order valence-corrected chi connectivity index (χ4v) is 2.36. The zero-order valence-electron chi connectivity index (χ0n) is 9.58. The number of para-hydroxylation sites is 1. The summed E-state index contributed by atoms with van der Waals surface area (Å²) in [5, 5.41) is 9.30. The Morgan fingerprint density at radius 1 is 0.941 bits per heavy atom. The topological polar surface area (TPSA) is 23.5 Å². The molecule has 2 aromatic rings. The molecule has 1 heterocycles. The van der Waals surface area contributed by atoms with Crippen LogP contribution in [0.3, 0.4) is 0 Å². The number of aromatic hydroxyl groups is 1. The second-order valence-corrected chi connectivity index (χ2v) is 4.42. The molecule has 0 aromatic heterocycles. The molecule has 0 saturated carbocycles. The van der Waals surface area contributed by atoms with Gasteiger partial charge in [0.25, 0.3) is 0 Å². The number of benzene rings is 2. The highest BCUT2D eigenvalue weighted by Gasteiger charge is 2.29. The molecular formula is C15H15NO. The molecule has 2 heteroatoms. The summed E-state index contributed by atoms with van der Waals surface area (Å²) in [6.07, 6.45) is 1.18. The SMILES string of the molecule is Oc1ccc(C2CCN2c2ccccc2)cc1. The van der Waals surface area contributed by atoms with E-state index in [1.807, 2.05) is 18.2 Å². The van der Waals surface area contributed by atoms with Crippen molar-refractivity contribution in [3.8, 4) is 5.75 Å².